The fourth-order valence-corrected chi connectivity index (χ4v) is 0.342. The molecule has 1 heteroatoms. The van der Waals surface area contributed by atoms with Crippen LogP contribution >= 0.6 is 0 Å². The number of rotatable bonds is 0. The van der Waals surface area contributed by atoms with E-state index in [4.69, 9.17) is 0 Å². The van der Waals surface area contributed by atoms with Gasteiger partial charge in [0, 0.05) is 0 Å². The first-order valence-corrected chi connectivity index (χ1v) is 3.91. The summed E-state index contributed by atoms with van der Waals surface area (Å²) < 4.78 is 0. The molecule has 0 amide bonds. The molecule has 0 aliphatic rings. The van der Waals surface area contributed by atoms with Crippen molar-refractivity contribution in [1.82, 2.24) is 0 Å². The van der Waals surface area contributed by atoms with Gasteiger partial charge in [-0.1, -0.05) is 27.7 Å². The molecule has 0 radical (unpaired) electrons. The summed E-state index contributed by atoms with van der Waals surface area (Å²) >= 11 is 0. The van der Waals surface area contributed by atoms with E-state index in [-0.39, 0.29) is 51.4 Å². The second kappa shape index (κ2) is 22.4. The largest absolute Gasteiger partial charge is 1.00 e. The van der Waals surface area contributed by atoms with Gasteiger partial charge in [0.25, 0.3) is 0 Å². The minimum absolute atomic E-state index is 0. The Labute approximate surface area is 114 Å². The molecule has 11 heavy (non-hydrogen) atoms. The van der Waals surface area contributed by atoms with Crippen molar-refractivity contribution in [3.63, 3.8) is 0 Å². The van der Waals surface area contributed by atoms with Crippen LogP contribution in [0.3, 0.4) is 0 Å². The molecule has 1 aromatic carbocycles. The van der Waals surface area contributed by atoms with Crippen LogP contribution in [0.15, 0.2) is 30.3 Å². The first kappa shape index (κ1) is 17.8. The standard InChI is InChI=1S/C6H5.2C2H6.K/c1-2-4-6-5-3-1;2*1-2;/h1-5H;2*1-2H3;/q-1;;;+1. The second-order valence-corrected chi connectivity index (χ2v) is 1.08. The van der Waals surface area contributed by atoms with Gasteiger partial charge in [-0.3, -0.25) is 0 Å². The van der Waals surface area contributed by atoms with Gasteiger partial charge in [-0.25, -0.2) is 0 Å². The Hall–Kier alpha value is 0.856. The molecule has 0 saturated carbocycles. The summed E-state index contributed by atoms with van der Waals surface area (Å²) in [6.07, 6.45) is 0. The Morgan fingerprint density at radius 3 is 1.18 bits per heavy atom. The molecular formula is C10H17K. The summed E-state index contributed by atoms with van der Waals surface area (Å²) in [7, 11) is 0. The molecular weight excluding hydrogens is 159 g/mol. The van der Waals surface area contributed by atoms with Crippen LogP contribution in [-0.4, -0.2) is 0 Å². The Morgan fingerprint density at radius 1 is 0.727 bits per heavy atom. The van der Waals surface area contributed by atoms with Crippen molar-refractivity contribution in [2.75, 3.05) is 0 Å². The average Bonchev–Trinajstić information content (AvgIpc) is 2.14. The number of benzene rings is 1. The van der Waals surface area contributed by atoms with Gasteiger partial charge in [-0.15, -0.1) is 0 Å². The molecule has 0 unspecified atom stereocenters. The third kappa shape index (κ3) is 18.1. The maximum atomic E-state index is 2.89. The first-order valence-electron chi connectivity index (χ1n) is 3.91. The normalized spacial score (nSPS) is 5.45. The predicted molar refractivity (Wildman–Crippen MR) is 48.0 cm³/mol. The molecule has 0 aliphatic carbocycles. The monoisotopic (exact) mass is 176 g/mol. The Bertz CT molecular complexity index is 76.8. The Morgan fingerprint density at radius 2 is 1.09 bits per heavy atom. The topological polar surface area (TPSA) is 0 Å². The van der Waals surface area contributed by atoms with Crippen LogP contribution in [0.1, 0.15) is 27.7 Å². The molecule has 0 fully saturated rings. The molecule has 0 aromatic heterocycles. The van der Waals surface area contributed by atoms with Gasteiger partial charge < -0.3 is 0 Å². The molecule has 0 heterocycles. The van der Waals surface area contributed by atoms with Gasteiger partial charge in [-0.05, 0) is 0 Å². The molecule has 1 rings (SSSR count). The van der Waals surface area contributed by atoms with E-state index in [0.29, 0.717) is 0 Å². The van der Waals surface area contributed by atoms with Crippen LogP contribution in [0.5, 0.6) is 0 Å². The van der Waals surface area contributed by atoms with Gasteiger partial charge in [-0.2, -0.15) is 36.4 Å². The maximum absolute atomic E-state index is 2.89. The zero-order chi connectivity index (χ0) is 8.24. The smallest absolute Gasteiger partial charge is 0.184 e. The van der Waals surface area contributed by atoms with Gasteiger partial charge in [0.15, 0.2) is 0 Å². The van der Waals surface area contributed by atoms with Crippen molar-refractivity contribution in [2.45, 2.75) is 27.7 Å². The van der Waals surface area contributed by atoms with Gasteiger partial charge in [0.05, 0.1) is 0 Å². The number of hydrogen-bond donors (Lipinski definition) is 0. The molecule has 0 bridgehead atoms. The van der Waals surface area contributed by atoms with E-state index in [1.165, 1.54) is 0 Å². The van der Waals surface area contributed by atoms with E-state index in [2.05, 4.69) is 6.07 Å². The van der Waals surface area contributed by atoms with E-state index in [0.717, 1.165) is 0 Å². The number of hydrogen-bond acceptors (Lipinski definition) is 0. The molecule has 0 nitrogen and oxygen atoms in total. The van der Waals surface area contributed by atoms with Crippen molar-refractivity contribution in [2.24, 2.45) is 0 Å². The summed E-state index contributed by atoms with van der Waals surface area (Å²) in [6.45, 7) is 8.00. The predicted octanol–water partition coefficient (Wildman–Crippen LogP) is 0.543. The molecule has 0 aliphatic heterocycles. The van der Waals surface area contributed by atoms with Crippen molar-refractivity contribution in [3.8, 4) is 0 Å². The molecule has 0 atom stereocenters. The molecule has 0 spiro atoms. The van der Waals surface area contributed by atoms with E-state index in [1.807, 2.05) is 58.0 Å². The average molecular weight is 176 g/mol. The molecule has 0 saturated heterocycles. The summed E-state index contributed by atoms with van der Waals surface area (Å²) in [5.41, 5.74) is 0. The Balaban J connectivity index is -0.000000114. The van der Waals surface area contributed by atoms with Gasteiger partial charge in [0.2, 0.25) is 0 Å². The van der Waals surface area contributed by atoms with Crippen molar-refractivity contribution < 1.29 is 51.4 Å². The summed E-state index contributed by atoms with van der Waals surface area (Å²) in [5, 5.41) is 0. The zero-order valence-electron chi connectivity index (χ0n) is 8.39. The van der Waals surface area contributed by atoms with E-state index in [9.17, 15) is 0 Å². The molecule has 1 aromatic rings. The van der Waals surface area contributed by atoms with Crippen molar-refractivity contribution in [3.05, 3.63) is 36.4 Å². The van der Waals surface area contributed by atoms with Gasteiger partial charge >= 0.3 is 51.4 Å². The fourth-order valence-electron chi connectivity index (χ4n) is 0.342. The summed E-state index contributed by atoms with van der Waals surface area (Å²) in [4.78, 5) is 0. The summed E-state index contributed by atoms with van der Waals surface area (Å²) in [5.74, 6) is 0. The quantitative estimate of drug-likeness (QED) is 0.400. The van der Waals surface area contributed by atoms with Crippen LogP contribution in [0.4, 0.5) is 0 Å². The maximum Gasteiger partial charge on any atom is 1.00 e. The second-order valence-electron chi connectivity index (χ2n) is 1.08. The minimum Gasteiger partial charge on any atom is -0.184 e. The van der Waals surface area contributed by atoms with Crippen LogP contribution in [-0.2, 0) is 0 Å². The van der Waals surface area contributed by atoms with Gasteiger partial charge in [0.1, 0.15) is 0 Å². The summed E-state index contributed by atoms with van der Waals surface area (Å²) in [6, 6.07) is 12.5. The van der Waals surface area contributed by atoms with Crippen LogP contribution in [0.2, 0.25) is 0 Å². The van der Waals surface area contributed by atoms with E-state index >= 15 is 0 Å². The molecule has 58 valence electrons. The zero-order valence-corrected chi connectivity index (χ0v) is 11.5. The third-order valence-electron chi connectivity index (χ3n) is 0.607. The SMILES string of the molecule is CC.CC.[K+].[c-]1ccccc1. The Kier molecular flexibility index (Phi) is 36.3. The van der Waals surface area contributed by atoms with E-state index in [1.54, 1.807) is 0 Å². The van der Waals surface area contributed by atoms with Crippen LogP contribution in [0, 0.1) is 6.07 Å². The van der Waals surface area contributed by atoms with E-state index < -0.39 is 0 Å². The van der Waals surface area contributed by atoms with Crippen molar-refractivity contribution >= 4 is 0 Å². The third-order valence-corrected chi connectivity index (χ3v) is 0.607. The minimum atomic E-state index is 0. The van der Waals surface area contributed by atoms with Crippen LogP contribution in [0.25, 0.3) is 0 Å². The van der Waals surface area contributed by atoms with Crippen molar-refractivity contribution in [1.29, 1.82) is 0 Å². The molecule has 0 N–H and O–H groups in total. The fraction of sp³-hybridized carbons (Fsp3) is 0.400. The van der Waals surface area contributed by atoms with Crippen LogP contribution < -0.4 is 51.4 Å². The first-order chi connectivity index (χ1) is 5.00.